The van der Waals surface area contributed by atoms with Crippen LogP contribution in [-0.4, -0.2) is 18.2 Å². The average molecular weight is 449 g/mol. The van der Waals surface area contributed by atoms with E-state index in [4.69, 9.17) is 9.47 Å². The molecule has 0 fully saturated rings. The number of hydrogen-bond donors (Lipinski definition) is 0. The van der Waals surface area contributed by atoms with Gasteiger partial charge in [0.05, 0.1) is 23.5 Å². The van der Waals surface area contributed by atoms with E-state index in [1.54, 1.807) is 0 Å². The van der Waals surface area contributed by atoms with Gasteiger partial charge in [-0.25, -0.2) is 0 Å². The lowest BCUT2D eigenvalue weighted by Crippen LogP contribution is -2.25. The first-order valence-electron chi connectivity index (χ1n) is 11.4. The molecule has 0 amide bonds. The number of ketones is 2. The van der Waals surface area contributed by atoms with Crippen molar-refractivity contribution in [2.24, 2.45) is 0 Å². The first-order valence-corrected chi connectivity index (χ1v) is 11.4. The summed E-state index contributed by atoms with van der Waals surface area (Å²) in [4.78, 5) is 24.3. The van der Waals surface area contributed by atoms with Gasteiger partial charge in [0.25, 0.3) is 0 Å². The lowest BCUT2D eigenvalue weighted by atomic mass is 9.89. The molecule has 0 bridgehead atoms. The zero-order valence-electron chi connectivity index (χ0n) is 18.6. The monoisotopic (exact) mass is 448 g/mol. The highest BCUT2D eigenvalue weighted by molar-refractivity contribution is 6.04. The SMILES string of the molecule is O=C1CC(c2ccccc2)Oc2ccccc21.O=C1c2ccccc2OCC1c1ccccc1. The zero-order chi connectivity index (χ0) is 23.3. The Morgan fingerprint density at radius 2 is 1.15 bits per heavy atom. The van der Waals surface area contributed by atoms with Gasteiger partial charge in [-0.1, -0.05) is 84.9 Å². The molecular weight excluding hydrogens is 424 g/mol. The van der Waals surface area contributed by atoms with E-state index in [1.165, 1.54) is 0 Å². The molecule has 0 saturated carbocycles. The van der Waals surface area contributed by atoms with Gasteiger partial charge >= 0.3 is 0 Å². The van der Waals surface area contributed by atoms with E-state index in [-0.39, 0.29) is 23.6 Å². The van der Waals surface area contributed by atoms with Gasteiger partial charge in [-0.3, -0.25) is 9.59 Å². The second kappa shape index (κ2) is 9.75. The Labute approximate surface area is 198 Å². The standard InChI is InChI=1S/2C15H12O2/c16-13-10-15(11-6-2-1-3-7-11)17-14-9-5-4-8-12(13)14;16-15-12-8-4-5-9-14(12)17-10-13(15)11-6-2-1-3-7-11/h1-9,15H,10H2;1-9,13H,10H2. The van der Waals surface area contributed by atoms with Crippen LogP contribution in [0.2, 0.25) is 0 Å². The van der Waals surface area contributed by atoms with Gasteiger partial charge in [-0.05, 0) is 35.4 Å². The number of fused-ring (bicyclic) bond motifs is 2. The molecule has 0 aliphatic carbocycles. The largest absolute Gasteiger partial charge is 0.492 e. The molecule has 4 nitrogen and oxygen atoms in total. The van der Waals surface area contributed by atoms with Gasteiger partial charge in [-0.15, -0.1) is 0 Å². The molecule has 2 aliphatic rings. The third-order valence-corrected chi connectivity index (χ3v) is 6.08. The average Bonchev–Trinajstić information content (AvgIpc) is 2.90. The van der Waals surface area contributed by atoms with Gasteiger partial charge in [0.1, 0.15) is 24.2 Å². The van der Waals surface area contributed by atoms with E-state index in [0.717, 1.165) is 11.1 Å². The number of rotatable bonds is 2. The molecule has 2 unspecified atom stereocenters. The van der Waals surface area contributed by atoms with Crippen LogP contribution in [0.15, 0.2) is 109 Å². The van der Waals surface area contributed by atoms with Crippen LogP contribution >= 0.6 is 0 Å². The first-order chi connectivity index (χ1) is 16.7. The minimum Gasteiger partial charge on any atom is -0.492 e. The number of Topliss-reactive ketones (excluding diaryl/α,β-unsaturated/α-hetero) is 2. The Morgan fingerprint density at radius 3 is 1.85 bits per heavy atom. The highest BCUT2D eigenvalue weighted by Crippen LogP contribution is 2.34. The molecule has 0 radical (unpaired) electrons. The maximum atomic E-state index is 12.3. The Kier molecular flexibility index (Phi) is 6.21. The molecule has 0 saturated heterocycles. The van der Waals surface area contributed by atoms with Crippen LogP contribution in [0.25, 0.3) is 0 Å². The molecule has 4 heteroatoms. The van der Waals surface area contributed by atoms with Gasteiger partial charge < -0.3 is 9.47 Å². The minimum absolute atomic E-state index is 0.151. The topological polar surface area (TPSA) is 52.6 Å². The smallest absolute Gasteiger partial charge is 0.177 e. The van der Waals surface area contributed by atoms with E-state index in [0.29, 0.717) is 35.7 Å². The summed E-state index contributed by atoms with van der Waals surface area (Å²) in [6.45, 7) is 0.430. The maximum Gasteiger partial charge on any atom is 0.177 e. The van der Waals surface area contributed by atoms with Gasteiger partial charge in [0, 0.05) is 0 Å². The predicted octanol–water partition coefficient (Wildman–Crippen LogP) is 6.44. The van der Waals surface area contributed by atoms with Crippen LogP contribution in [0.5, 0.6) is 11.5 Å². The molecule has 4 aromatic carbocycles. The van der Waals surface area contributed by atoms with Crippen LogP contribution in [0.1, 0.15) is 50.3 Å². The van der Waals surface area contributed by atoms with Crippen LogP contribution in [-0.2, 0) is 0 Å². The van der Waals surface area contributed by atoms with Crippen LogP contribution in [0.4, 0.5) is 0 Å². The minimum atomic E-state index is -0.175. The number of benzene rings is 4. The Balaban J connectivity index is 0.000000142. The van der Waals surface area contributed by atoms with Crippen molar-refractivity contribution in [1.29, 1.82) is 0 Å². The van der Waals surface area contributed by atoms with Gasteiger partial charge in [-0.2, -0.15) is 0 Å². The normalized spacial score (nSPS) is 18.4. The molecule has 2 heterocycles. The van der Waals surface area contributed by atoms with Crippen molar-refractivity contribution in [2.75, 3.05) is 6.61 Å². The fourth-order valence-corrected chi connectivity index (χ4v) is 4.29. The molecule has 2 aliphatic heterocycles. The van der Waals surface area contributed by atoms with Crippen molar-refractivity contribution in [1.82, 2.24) is 0 Å². The van der Waals surface area contributed by atoms with Crippen LogP contribution in [0.3, 0.4) is 0 Å². The fraction of sp³-hybridized carbons (Fsp3) is 0.133. The van der Waals surface area contributed by atoms with E-state index in [1.807, 2.05) is 109 Å². The Bertz CT molecular complexity index is 1300. The fourth-order valence-electron chi connectivity index (χ4n) is 4.29. The molecule has 34 heavy (non-hydrogen) atoms. The zero-order valence-corrected chi connectivity index (χ0v) is 18.6. The summed E-state index contributed by atoms with van der Waals surface area (Å²) in [6, 6.07) is 34.5. The number of carbonyl (C=O) groups excluding carboxylic acids is 2. The lowest BCUT2D eigenvalue weighted by Gasteiger charge is -2.25. The second-order valence-corrected chi connectivity index (χ2v) is 8.28. The molecule has 6 rings (SSSR count). The summed E-state index contributed by atoms with van der Waals surface area (Å²) in [5, 5.41) is 0. The third-order valence-electron chi connectivity index (χ3n) is 6.08. The first kappa shape index (κ1) is 21.7. The van der Waals surface area contributed by atoms with E-state index in [9.17, 15) is 9.59 Å². The Hall–Kier alpha value is -4.18. The van der Waals surface area contributed by atoms with E-state index >= 15 is 0 Å². The van der Waals surface area contributed by atoms with Crippen LogP contribution in [0, 0.1) is 0 Å². The molecule has 2 atom stereocenters. The summed E-state index contributed by atoms with van der Waals surface area (Å²) in [6.07, 6.45) is 0.264. The number of hydrogen-bond acceptors (Lipinski definition) is 4. The molecule has 0 N–H and O–H groups in total. The Morgan fingerprint density at radius 1 is 0.588 bits per heavy atom. The summed E-state index contributed by atoms with van der Waals surface area (Å²) < 4.78 is 11.5. The van der Waals surface area contributed by atoms with Gasteiger partial charge in [0.2, 0.25) is 0 Å². The summed E-state index contributed by atoms with van der Waals surface area (Å²) in [7, 11) is 0. The summed E-state index contributed by atoms with van der Waals surface area (Å²) in [5.41, 5.74) is 3.45. The molecular formula is C30H24O4. The molecule has 4 aromatic rings. The van der Waals surface area contributed by atoms with Crippen molar-refractivity contribution in [3.05, 3.63) is 131 Å². The highest BCUT2D eigenvalue weighted by atomic mass is 16.5. The third kappa shape index (κ3) is 4.48. The number of ether oxygens (including phenoxy) is 2. The molecule has 168 valence electrons. The summed E-state index contributed by atoms with van der Waals surface area (Å²) >= 11 is 0. The van der Waals surface area contributed by atoms with Crippen LogP contribution < -0.4 is 9.47 Å². The highest BCUT2D eigenvalue weighted by Gasteiger charge is 2.29. The van der Waals surface area contributed by atoms with E-state index in [2.05, 4.69) is 0 Å². The van der Waals surface area contributed by atoms with Crippen molar-refractivity contribution in [2.45, 2.75) is 18.4 Å². The maximum absolute atomic E-state index is 12.3. The second-order valence-electron chi connectivity index (χ2n) is 8.28. The van der Waals surface area contributed by atoms with E-state index < -0.39 is 0 Å². The quantitative estimate of drug-likeness (QED) is 0.354. The van der Waals surface area contributed by atoms with Crippen molar-refractivity contribution in [3.8, 4) is 11.5 Å². The summed E-state index contributed by atoms with van der Waals surface area (Å²) in [5.74, 6) is 1.52. The molecule has 0 spiro atoms. The lowest BCUT2D eigenvalue weighted by molar-refractivity contribution is 0.0848. The van der Waals surface area contributed by atoms with Crippen molar-refractivity contribution in [3.63, 3.8) is 0 Å². The molecule has 0 aromatic heterocycles. The van der Waals surface area contributed by atoms with Gasteiger partial charge in [0.15, 0.2) is 11.6 Å². The number of para-hydroxylation sites is 2. The van der Waals surface area contributed by atoms with Crippen molar-refractivity contribution >= 4 is 11.6 Å². The number of carbonyl (C=O) groups is 2. The van der Waals surface area contributed by atoms with Crippen molar-refractivity contribution < 1.29 is 19.1 Å². The predicted molar refractivity (Wildman–Crippen MR) is 131 cm³/mol.